The van der Waals surface area contributed by atoms with Crippen LogP contribution in [0, 0.1) is 0 Å². The van der Waals surface area contributed by atoms with E-state index in [0.717, 1.165) is 24.7 Å². The van der Waals surface area contributed by atoms with Crippen LogP contribution in [0.25, 0.3) is 0 Å². The Hall–Kier alpha value is -2.08. The first-order valence-electron chi connectivity index (χ1n) is 7.94. The monoisotopic (exact) mass is 332 g/mol. The standard InChI is InChI=1S/C17H24N4OS/c1-3-15-7-8-16(23-15)13-21-17(19-4-2)20-10-11-22-14-6-5-9-18-12-14/h5-9,12H,3-4,10-11,13H2,1-2H3,(H2,19,20,21). The minimum Gasteiger partial charge on any atom is -0.490 e. The number of nitrogens with zero attached hydrogens (tertiary/aromatic N) is 2. The van der Waals surface area contributed by atoms with E-state index in [-0.39, 0.29) is 0 Å². The minimum absolute atomic E-state index is 0.565. The molecule has 2 N–H and O–H groups in total. The number of rotatable bonds is 8. The SMILES string of the molecule is CCNC(=NCc1ccc(CC)s1)NCCOc1cccnc1. The van der Waals surface area contributed by atoms with E-state index in [4.69, 9.17) is 4.74 Å². The highest BCUT2D eigenvalue weighted by molar-refractivity contribution is 7.11. The summed E-state index contributed by atoms with van der Waals surface area (Å²) in [6.45, 7) is 7.01. The lowest BCUT2D eigenvalue weighted by Gasteiger charge is -2.11. The highest BCUT2D eigenvalue weighted by atomic mass is 32.1. The number of hydrogen-bond acceptors (Lipinski definition) is 4. The highest BCUT2D eigenvalue weighted by Crippen LogP contribution is 2.17. The van der Waals surface area contributed by atoms with Gasteiger partial charge in [0, 0.05) is 22.5 Å². The first kappa shape index (κ1) is 17.3. The van der Waals surface area contributed by atoms with Gasteiger partial charge in [-0.25, -0.2) is 4.99 Å². The van der Waals surface area contributed by atoms with Crippen LogP contribution in [-0.2, 0) is 13.0 Å². The first-order valence-corrected chi connectivity index (χ1v) is 8.76. The lowest BCUT2D eigenvalue weighted by Crippen LogP contribution is -2.39. The molecule has 5 nitrogen and oxygen atoms in total. The van der Waals surface area contributed by atoms with Crippen LogP contribution in [0.4, 0.5) is 0 Å². The van der Waals surface area contributed by atoms with Gasteiger partial charge < -0.3 is 15.4 Å². The summed E-state index contributed by atoms with van der Waals surface area (Å²) in [4.78, 5) is 11.3. The van der Waals surface area contributed by atoms with E-state index >= 15 is 0 Å². The van der Waals surface area contributed by atoms with Gasteiger partial charge in [-0.3, -0.25) is 4.98 Å². The maximum absolute atomic E-state index is 5.61. The summed E-state index contributed by atoms with van der Waals surface area (Å²) < 4.78 is 5.61. The van der Waals surface area contributed by atoms with Crippen molar-refractivity contribution in [3.63, 3.8) is 0 Å². The van der Waals surface area contributed by atoms with Crippen molar-refractivity contribution in [1.29, 1.82) is 0 Å². The summed E-state index contributed by atoms with van der Waals surface area (Å²) >= 11 is 1.82. The Bertz CT molecular complexity index is 598. The number of aryl methyl sites for hydroxylation is 1. The van der Waals surface area contributed by atoms with Crippen LogP contribution < -0.4 is 15.4 Å². The molecule has 0 bridgehead atoms. The fourth-order valence-corrected chi connectivity index (χ4v) is 2.85. The van der Waals surface area contributed by atoms with Gasteiger partial charge in [-0.05, 0) is 37.6 Å². The van der Waals surface area contributed by atoms with E-state index in [1.54, 1.807) is 12.4 Å². The normalized spacial score (nSPS) is 11.3. The van der Waals surface area contributed by atoms with Crippen LogP contribution in [-0.4, -0.2) is 30.6 Å². The van der Waals surface area contributed by atoms with Crippen molar-refractivity contribution in [3.8, 4) is 5.75 Å². The zero-order valence-electron chi connectivity index (χ0n) is 13.7. The third kappa shape index (κ3) is 6.28. The Morgan fingerprint density at radius 1 is 1.22 bits per heavy atom. The third-order valence-corrected chi connectivity index (χ3v) is 4.31. The second-order valence-electron chi connectivity index (χ2n) is 4.88. The number of guanidine groups is 1. The Morgan fingerprint density at radius 2 is 2.09 bits per heavy atom. The predicted molar refractivity (Wildman–Crippen MR) is 96.2 cm³/mol. The molecule has 0 unspecified atom stereocenters. The quantitative estimate of drug-likeness (QED) is 0.443. The topological polar surface area (TPSA) is 58.5 Å². The van der Waals surface area contributed by atoms with Gasteiger partial charge in [-0.1, -0.05) is 6.92 Å². The Morgan fingerprint density at radius 3 is 2.78 bits per heavy atom. The van der Waals surface area contributed by atoms with Crippen LogP contribution in [0.15, 0.2) is 41.7 Å². The molecule has 6 heteroatoms. The molecule has 0 atom stereocenters. The molecule has 2 rings (SSSR count). The maximum atomic E-state index is 5.61. The fourth-order valence-electron chi connectivity index (χ4n) is 1.97. The molecule has 0 aromatic carbocycles. The second-order valence-corrected chi connectivity index (χ2v) is 6.13. The number of hydrogen-bond donors (Lipinski definition) is 2. The molecule has 0 saturated heterocycles. The van der Waals surface area contributed by atoms with E-state index in [1.165, 1.54) is 9.75 Å². The van der Waals surface area contributed by atoms with Crippen molar-refractivity contribution in [2.75, 3.05) is 19.7 Å². The zero-order valence-corrected chi connectivity index (χ0v) is 14.5. The first-order chi connectivity index (χ1) is 11.3. The molecule has 0 radical (unpaired) electrons. The molecule has 0 aliphatic carbocycles. The van der Waals surface area contributed by atoms with Crippen LogP contribution in [0.2, 0.25) is 0 Å². The van der Waals surface area contributed by atoms with E-state index in [0.29, 0.717) is 19.7 Å². The fraction of sp³-hybridized carbons (Fsp3) is 0.412. The molecular formula is C17H24N4OS. The largest absolute Gasteiger partial charge is 0.490 e. The van der Waals surface area contributed by atoms with Crippen LogP contribution in [0.5, 0.6) is 5.75 Å². The predicted octanol–water partition coefficient (Wildman–Crippen LogP) is 2.84. The average Bonchev–Trinajstić information content (AvgIpc) is 3.05. The second kappa shape index (κ2) is 9.84. The Labute approximate surface area is 141 Å². The smallest absolute Gasteiger partial charge is 0.191 e. The Kier molecular flexibility index (Phi) is 7.39. The summed E-state index contributed by atoms with van der Waals surface area (Å²) in [6, 6.07) is 8.09. The molecule has 0 saturated carbocycles. The molecule has 0 amide bonds. The van der Waals surface area contributed by atoms with Crippen molar-refractivity contribution >= 4 is 17.3 Å². The van der Waals surface area contributed by atoms with Gasteiger partial charge in [0.25, 0.3) is 0 Å². The van der Waals surface area contributed by atoms with Crippen molar-refractivity contribution < 1.29 is 4.74 Å². The van der Waals surface area contributed by atoms with Gasteiger partial charge in [0.1, 0.15) is 12.4 Å². The number of aromatic nitrogens is 1. The van der Waals surface area contributed by atoms with E-state index in [9.17, 15) is 0 Å². The molecule has 124 valence electrons. The number of aliphatic imine (C=N–C) groups is 1. The molecule has 0 aliphatic heterocycles. The van der Waals surface area contributed by atoms with Crippen LogP contribution in [0.1, 0.15) is 23.6 Å². The van der Waals surface area contributed by atoms with Crippen molar-refractivity contribution in [2.24, 2.45) is 4.99 Å². The van der Waals surface area contributed by atoms with E-state index in [2.05, 4.69) is 46.6 Å². The maximum Gasteiger partial charge on any atom is 0.191 e. The summed E-state index contributed by atoms with van der Waals surface area (Å²) in [7, 11) is 0. The molecule has 2 heterocycles. The molecule has 0 aliphatic rings. The summed E-state index contributed by atoms with van der Waals surface area (Å²) in [5, 5.41) is 6.53. The molecule has 2 aromatic heterocycles. The number of ether oxygens (including phenoxy) is 1. The van der Waals surface area contributed by atoms with Gasteiger partial charge in [-0.2, -0.15) is 0 Å². The molecule has 0 fully saturated rings. The minimum atomic E-state index is 0.565. The summed E-state index contributed by atoms with van der Waals surface area (Å²) in [5.74, 6) is 1.59. The number of pyridine rings is 1. The summed E-state index contributed by atoms with van der Waals surface area (Å²) in [5.41, 5.74) is 0. The van der Waals surface area contributed by atoms with E-state index < -0.39 is 0 Å². The van der Waals surface area contributed by atoms with Gasteiger partial charge in [0.05, 0.1) is 19.3 Å². The lowest BCUT2D eigenvalue weighted by molar-refractivity contribution is 0.320. The lowest BCUT2D eigenvalue weighted by atomic mass is 10.4. The summed E-state index contributed by atoms with van der Waals surface area (Å²) in [6.07, 6.45) is 4.52. The molecule has 2 aromatic rings. The highest BCUT2D eigenvalue weighted by Gasteiger charge is 2.00. The van der Waals surface area contributed by atoms with Crippen molar-refractivity contribution in [3.05, 3.63) is 46.4 Å². The third-order valence-electron chi connectivity index (χ3n) is 3.10. The van der Waals surface area contributed by atoms with Crippen LogP contribution >= 0.6 is 11.3 Å². The van der Waals surface area contributed by atoms with E-state index in [1.807, 2.05) is 23.5 Å². The van der Waals surface area contributed by atoms with Gasteiger partial charge in [0.2, 0.25) is 0 Å². The van der Waals surface area contributed by atoms with Gasteiger partial charge >= 0.3 is 0 Å². The molecule has 0 spiro atoms. The molecular weight excluding hydrogens is 308 g/mol. The van der Waals surface area contributed by atoms with Crippen molar-refractivity contribution in [1.82, 2.24) is 15.6 Å². The average molecular weight is 332 g/mol. The zero-order chi connectivity index (χ0) is 16.3. The van der Waals surface area contributed by atoms with Crippen molar-refractivity contribution in [2.45, 2.75) is 26.8 Å². The number of thiophene rings is 1. The van der Waals surface area contributed by atoms with Gasteiger partial charge in [-0.15, -0.1) is 11.3 Å². The van der Waals surface area contributed by atoms with Crippen LogP contribution in [0.3, 0.4) is 0 Å². The number of nitrogens with one attached hydrogen (secondary N) is 2. The van der Waals surface area contributed by atoms with Gasteiger partial charge in [0.15, 0.2) is 5.96 Å². The Balaban J connectivity index is 1.77. The molecule has 23 heavy (non-hydrogen) atoms.